The molecular formula is C14H20N4O2S. The third kappa shape index (κ3) is 3.48. The third-order valence-corrected chi connectivity index (χ3v) is 4.50. The number of nitrogens with zero attached hydrogens (tertiary/aromatic N) is 4. The van der Waals surface area contributed by atoms with Crippen LogP contribution in [0.25, 0.3) is 10.2 Å². The zero-order valence-corrected chi connectivity index (χ0v) is 13.6. The van der Waals surface area contributed by atoms with Crippen molar-refractivity contribution in [1.82, 2.24) is 14.9 Å². The molecule has 0 saturated heterocycles. The lowest BCUT2D eigenvalue weighted by Crippen LogP contribution is -2.36. The Bertz CT molecular complexity index is 654. The number of carbonyl (C=O) groups is 1. The number of likely N-dealkylation sites (N-methyl/N-ethyl adjacent to an activating group) is 1. The Balaban J connectivity index is 2.45. The Labute approximate surface area is 128 Å². The van der Waals surface area contributed by atoms with E-state index < -0.39 is 5.97 Å². The van der Waals surface area contributed by atoms with Crippen LogP contribution in [0, 0.1) is 13.8 Å². The highest BCUT2D eigenvalue weighted by Crippen LogP contribution is 2.34. The van der Waals surface area contributed by atoms with Crippen LogP contribution in [0.3, 0.4) is 0 Å². The fourth-order valence-corrected chi connectivity index (χ4v) is 3.14. The number of carboxylic acid groups (broad SMARTS) is 1. The Morgan fingerprint density at radius 2 is 2.00 bits per heavy atom. The van der Waals surface area contributed by atoms with Crippen molar-refractivity contribution in [3.05, 3.63) is 16.8 Å². The van der Waals surface area contributed by atoms with E-state index >= 15 is 0 Å². The SMILES string of the molecule is Cc1sc2ncnc(N(CCN(C)C)CC(=O)O)c2c1C. The summed E-state index contributed by atoms with van der Waals surface area (Å²) >= 11 is 1.62. The minimum Gasteiger partial charge on any atom is -0.480 e. The highest BCUT2D eigenvalue weighted by molar-refractivity contribution is 7.18. The van der Waals surface area contributed by atoms with Crippen LogP contribution in [0.1, 0.15) is 10.4 Å². The maximum Gasteiger partial charge on any atom is 0.323 e. The molecular weight excluding hydrogens is 288 g/mol. The topological polar surface area (TPSA) is 69.6 Å². The third-order valence-electron chi connectivity index (χ3n) is 3.39. The number of aryl methyl sites for hydroxylation is 2. The molecule has 2 aromatic heterocycles. The zero-order valence-electron chi connectivity index (χ0n) is 12.8. The van der Waals surface area contributed by atoms with Crippen molar-refractivity contribution in [3.8, 4) is 0 Å². The Morgan fingerprint density at radius 1 is 1.29 bits per heavy atom. The summed E-state index contributed by atoms with van der Waals surface area (Å²) in [7, 11) is 3.93. The predicted octanol–water partition coefficient (Wildman–Crippen LogP) is 1.76. The largest absolute Gasteiger partial charge is 0.480 e. The molecule has 0 aliphatic heterocycles. The lowest BCUT2D eigenvalue weighted by Gasteiger charge is -2.24. The maximum atomic E-state index is 11.2. The van der Waals surface area contributed by atoms with Crippen molar-refractivity contribution in [3.63, 3.8) is 0 Å². The number of aromatic nitrogens is 2. The van der Waals surface area contributed by atoms with Gasteiger partial charge in [0.15, 0.2) is 0 Å². The van der Waals surface area contributed by atoms with Crippen LogP contribution in [0.15, 0.2) is 6.33 Å². The molecule has 7 heteroatoms. The zero-order chi connectivity index (χ0) is 15.6. The first-order valence-corrected chi connectivity index (χ1v) is 7.54. The average molecular weight is 308 g/mol. The summed E-state index contributed by atoms with van der Waals surface area (Å²) in [5, 5.41) is 10.1. The van der Waals surface area contributed by atoms with Crippen molar-refractivity contribution < 1.29 is 9.90 Å². The first kappa shape index (κ1) is 15.7. The average Bonchev–Trinajstić information content (AvgIpc) is 2.70. The molecule has 0 atom stereocenters. The van der Waals surface area contributed by atoms with E-state index in [0.717, 1.165) is 22.3 Å². The van der Waals surface area contributed by atoms with Crippen LogP contribution in [0.4, 0.5) is 5.82 Å². The number of hydrogen-bond acceptors (Lipinski definition) is 6. The van der Waals surface area contributed by atoms with Crippen molar-refractivity contribution in [2.24, 2.45) is 0 Å². The Hall–Kier alpha value is -1.73. The predicted molar refractivity (Wildman–Crippen MR) is 85.3 cm³/mol. The quantitative estimate of drug-likeness (QED) is 0.877. The Kier molecular flexibility index (Phi) is 4.74. The second kappa shape index (κ2) is 6.36. The molecule has 0 aliphatic carbocycles. The summed E-state index contributed by atoms with van der Waals surface area (Å²) < 4.78 is 0. The summed E-state index contributed by atoms with van der Waals surface area (Å²) in [6, 6.07) is 0. The molecule has 6 nitrogen and oxygen atoms in total. The van der Waals surface area contributed by atoms with Gasteiger partial charge in [0.25, 0.3) is 0 Å². The van der Waals surface area contributed by atoms with Crippen molar-refractivity contribution in [2.45, 2.75) is 13.8 Å². The van der Waals surface area contributed by atoms with Crippen LogP contribution >= 0.6 is 11.3 Å². The molecule has 0 aliphatic rings. The number of rotatable bonds is 6. The van der Waals surface area contributed by atoms with Gasteiger partial charge < -0.3 is 14.9 Å². The molecule has 0 saturated carbocycles. The number of anilines is 1. The van der Waals surface area contributed by atoms with Crippen molar-refractivity contribution in [1.29, 1.82) is 0 Å². The summed E-state index contributed by atoms with van der Waals surface area (Å²) in [4.78, 5) is 25.8. The van der Waals surface area contributed by atoms with Crippen molar-refractivity contribution in [2.75, 3.05) is 38.6 Å². The van der Waals surface area contributed by atoms with E-state index in [0.29, 0.717) is 12.4 Å². The molecule has 0 spiro atoms. The number of fused-ring (bicyclic) bond motifs is 1. The molecule has 114 valence electrons. The van der Waals surface area contributed by atoms with Crippen molar-refractivity contribution >= 4 is 33.3 Å². The van der Waals surface area contributed by atoms with E-state index in [1.807, 2.05) is 37.7 Å². The summed E-state index contributed by atoms with van der Waals surface area (Å²) in [5.41, 5.74) is 1.13. The second-order valence-electron chi connectivity index (χ2n) is 5.28. The van der Waals surface area contributed by atoms with Gasteiger partial charge in [-0.1, -0.05) is 0 Å². The standard InChI is InChI=1S/C14H20N4O2S/c1-9-10(2)21-14-12(9)13(15-8-16-14)18(7-11(19)20)6-5-17(3)4/h8H,5-7H2,1-4H3,(H,19,20). The van der Waals surface area contributed by atoms with Gasteiger partial charge in [0.05, 0.1) is 5.39 Å². The van der Waals surface area contributed by atoms with Gasteiger partial charge in [0.1, 0.15) is 23.5 Å². The number of thiophene rings is 1. The summed E-state index contributed by atoms with van der Waals surface area (Å²) in [5.74, 6) is -0.142. The molecule has 0 aromatic carbocycles. The number of carboxylic acids is 1. The molecule has 0 amide bonds. The summed E-state index contributed by atoms with van der Waals surface area (Å²) in [6.07, 6.45) is 1.51. The van der Waals surface area contributed by atoms with Gasteiger partial charge in [-0.15, -0.1) is 11.3 Å². The van der Waals surface area contributed by atoms with E-state index in [4.69, 9.17) is 5.11 Å². The smallest absolute Gasteiger partial charge is 0.323 e. The number of aliphatic carboxylic acids is 1. The highest BCUT2D eigenvalue weighted by Gasteiger charge is 2.19. The van der Waals surface area contributed by atoms with Crippen LogP contribution in [-0.4, -0.2) is 59.7 Å². The maximum absolute atomic E-state index is 11.2. The first-order valence-electron chi connectivity index (χ1n) is 6.72. The van der Waals surface area contributed by atoms with Gasteiger partial charge in [-0.2, -0.15) is 0 Å². The van der Waals surface area contributed by atoms with E-state index in [1.165, 1.54) is 11.2 Å². The highest BCUT2D eigenvalue weighted by atomic mass is 32.1. The lowest BCUT2D eigenvalue weighted by atomic mass is 10.2. The first-order chi connectivity index (χ1) is 9.90. The van der Waals surface area contributed by atoms with Crippen LogP contribution in [-0.2, 0) is 4.79 Å². The molecule has 21 heavy (non-hydrogen) atoms. The van der Waals surface area contributed by atoms with Gasteiger partial charge in [0.2, 0.25) is 0 Å². The van der Waals surface area contributed by atoms with E-state index in [-0.39, 0.29) is 6.54 Å². The van der Waals surface area contributed by atoms with Crippen LogP contribution in [0.5, 0.6) is 0 Å². The van der Waals surface area contributed by atoms with Gasteiger partial charge in [0, 0.05) is 18.0 Å². The molecule has 2 heterocycles. The summed E-state index contributed by atoms with van der Waals surface area (Å²) in [6.45, 7) is 5.40. The minimum absolute atomic E-state index is 0.0612. The van der Waals surface area contributed by atoms with E-state index in [1.54, 1.807) is 11.3 Å². The van der Waals surface area contributed by atoms with E-state index in [2.05, 4.69) is 9.97 Å². The Morgan fingerprint density at radius 3 is 2.62 bits per heavy atom. The normalized spacial score (nSPS) is 11.3. The van der Waals surface area contributed by atoms with Gasteiger partial charge in [-0.25, -0.2) is 9.97 Å². The molecule has 1 N–H and O–H groups in total. The monoisotopic (exact) mass is 308 g/mol. The van der Waals surface area contributed by atoms with Crippen LogP contribution in [0.2, 0.25) is 0 Å². The fourth-order valence-electron chi connectivity index (χ4n) is 2.15. The van der Waals surface area contributed by atoms with E-state index in [9.17, 15) is 4.79 Å². The molecule has 0 fully saturated rings. The second-order valence-corrected chi connectivity index (χ2v) is 6.48. The molecule has 0 radical (unpaired) electrons. The lowest BCUT2D eigenvalue weighted by molar-refractivity contribution is -0.135. The van der Waals surface area contributed by atoms with Crippen LogP contribution < -0.4 is 4.90 Å². The molecule has 0 unspecified atom stereocenters. The number of hydrogen-bond donors (Lipinski definition) is 1. The molecule has 2 rings (SSSR count). The molecule has 0 bridgehead atoms. The van der Waals surface area contributed by atoms with Gasteiger partial charge >= 0.3 is 5.97 Å². The van der Waals surface area contributed by atoms with Gasteiger partial charge in [-0.3, -0.25) is 4.79 Å². The fraction of sp³-hybridized carbons (Fsp3) is 0.500. The molecule has 2 aromatic rings. The minimum atomic E-state index is -0.856. The van der Waals surface area contributed by atoms with Gasteiger partial charge in [-0.05, 0) is 33.5 Å².